The molecule has 0 spiro atoms. The highest BCUT2D eigenvalue weighted by Crippen LogP contribution is 2.22. The van der Waals surface area contributed by atoms with Gasteiger partial charge in [0, 0.05) is 24.3 Å². The van der Waals surface area contributed by atoms with E-state index in [4.69, 9.17) is 10.8 Å². The maximum absolute atomic E-state index is 10.4. The van der Waals surface area contributed by atoms with Crippen molar-refractivity contribution in [1.29, 1.82) is 0 Å². The molecule has 0 unspecified atom stereocenters. The van der Waals surface area contributed by atoms with Gasteiger partial charge in [0.1, 0.15) is 0 Å². The zero-order chi connectivity index (χ0) is 14.4. The van der Waals surface area contributed by atoms with Crippen LogP contribution in [0.25, 0.3) is 11.1 Å². The molecule has 0 bridgehead atoms. The summed E-state index contributed by atoms with van der Waals surface area (Å²) in [6, 6.07) is 15.8. The third-order valence-corrected chi connectivity index (χ3v) is 3.03. The smallest absolute Gasteiger partial charge is 0.303 e. The number of nitrogen functional groups attached to an aromatic ring is 1. The summed E-state index contributed by atoms with van der Waals surface area (Å²) >= 11 is 0. The highest BCUT2D eigenvalue weighted by Gasteiger charge is 1.99. The van der Waals surface area contributed by atoms with Crippen LogP contribution < -0.4 is 11.1 Å². The van der Waals surface area contributed by atoms with Crippen LogP contribution in [-0.4, -0.2) is 17.6 Å². The number of nitrogens with one attached hydrogen (secondary N) is 1. The number of carboxylic acids is 1. The normalized spacial score (nSPS) is 10.2. The van der Waals surface area contributed by atoms with Crippen molar-refractivity contribution in [2.45, 2.75) is 12.8 Å². The number of anilines is 2. The molecule has 0 atom stereocenters. The Bertz CT molecular complexity index is 562. The number of rotatable bonds is 6. The van der Waals surface area contributed by atoms with Gasteiger partial charge in [-0.1, -0.05) is 24.3 Å². The van der Waals surface area contributed by atoms with Crippen molar-refractivity contribution in [2.75, 3.05) is 17.6 Å². The second-order valence-corrected chi connectivity index (χ2v) is 4.62. The molecule has 104 valence electrons. The van der Waals surface area contributed by atoms with E-state index in [9.17, 15) is 4.79 Å². The first-order valence-electron chi connectivity index (χ1n) is 6.57. The van der Waals surface area contributed by atoms with E-state index < -0.39 is 5.97 Å². The number of carbonyl (C=O) groups is 1. The van der Waals surface area contributed by atoms with Crippen molar-refractivity contribution in [3.63, 3.8) is 0 Å². The van der Waals surface area contributed by atoms with Crippen molar-refractivity contribution >= 4 is 17.3 Å². The van der Waals surface area contributed by atoms with Crippen molar-refractivity contribution in [3.8, 4) is 11.1 Å². The summed E-state index contributed by atoms with van der Waals surface area (Å²) < 4.78 is 0. The highest BCUT2D eigenvalue weighted by molar-refractivity contribution is 5.68. The van der Waals surface area contributed by atoms with Gasteiger partial charge in [-0.3, -0.25) is 4.79 Å². The van der Waals surface area contributed by atoms with Gasteiger partial charge >= 0.3 is 5.97 Å². The van der Waals surface area contributed by atoms with Gasteiger partial charge < -0.3 is 16.2 Å². The van der Waals surface area contributed by atoms with Crippen LogP contribution in [0, 0.1) is 0 Å². The largest absolute Gasteiger partial charge is 0.481 e. The Hall–Kier alpha value is -2.49. The first kappa shape index (κ1) is 13.9. The van der Waals surface area contributed by atoms with Gasteiger partial charge in [-0.25, -0.2) is 0 Å². The van der Waals surface area contributed by atoms with Gasteiger partial charge in [0.15, 0.2) is 0 Å². The number of aliphatic carboxylic acids is 1. The number of benzene rings is 2. The average molecular weight is 270 g/mol. The molecule has 0 saturated heterocycles. The lowest BCUT2D eigenvalue weighted by Crippen LogP contribution is -2.04. The van der Waals surface area contributed by atoms with E-state index in [2.05, 4.69) is 5.32 Å². The molecule has 4 heteroatoms. The van der Waals surface area contributed by atoms with E-state index in [0.29, 0.717) is 13.0 Å². The van der Waals surface area contributed by atoms with Crippen LogP contribution in [0.4, 0.5) is 11.4 Å². The van der Waals surface area contributed by atoms with Crippen molar-refractivity contribution in [2.24, 2.45) is 0 Å². The molecule has 0 aromatic heterocycles. The average Bonchev–Trinajstić information content (AvgIpc) is 2.45. The van der Waals surface area contributed by atoms with Crippen molar-refractivity contribution in [3.05, 3.63) is 48.5 Å². The number of hydrogen-bond donors (Lipinski definition) is 3. The van der Waals surface area contributed by atoms with E-state index in [0.717, 1.165) is 22.5 Å². The molecule has 0 fully saturated rings. The van der Waals surface area contributed by atoms with E-state index in [1.807, 2.05) is 48.5 Å². The molecule has 0 heterocycles. The monoisotopic (exact) mass is 270 g/mol. The minimum atomic E-state index is -0.759. The van der Waals surface area contributed by atoms with Crippen molar-refractivity contribution in [1.82, 2.24) is 0 Å². The molecule has 0 saturated carbocycles. The van der Waals surface area contributed by atoms with Gasteiger partial charge in [-0.05, 0) is 41.8 Å². The minimum absolute atomic E-state index is 0.191. The Morgan fingerprint density at radius 2 is 1.55 bits per heavy atom. The van der Waals surface area contributed by atoms with Gasteiger partial charge in [-0.15, -0.1) is 0 Å². The molecule has 4 N–H and O–H groups in total. The SMILES string of the molecule is Nc1ccc(-c2ccc(NCCCC(=O)O)cc2)cc1. The second kappa shape index (κ2) is 6.61. The summed E-state index contributed by atoms with van der Waals surface area (Å²) in [5.41, 5.74) is 9.66. The van der Waals surface area contributed by atoms with Gasteiger partial charge in [0.2, 0.25) is 0 Å². The fourth-order valence-corrected chi connectivity index (χ4v) is 1.93. The summed E-state index contributed by atoms with van der Waals surface area (Å²) in [4.78, 5) is 10.4. The Labute approximate surface area is 118 Å². The summed E-state index contributed by atoms with van der Waals surface area (Å²) in [6.07, 6.45) is 0.811. The predicted molar refractivity (Wildman–Crippen MR) is 81.6 cm³/mol. The topological polar surface area (TPSA) is 75.3 Å². The Morgan fingerprint density at radius 1 is 1.00 bits per heavy atom. The minimum Gasteiger partial charge on any atom is -0.481 e. The first-order valence-corrected chi connectivity index (χ1v) is 6.57. The zero-order valence-electron chi connectivity index (χ0n) is 11.2. The molecule has 0 aliphatic rings. The highest BCUT2D eigenvalue weighted by atomic mass is 16.4. The van der Waals surface area contributed by atoms with Crippen LogP contribution in [0.1, 0.15) is 12.8 Å². The lowest BCUT2D eigenvalue weighted by atomic mass is 10.1. The van der Waals surface area contributed by atoms with E-state index in [1.165, 1.54) is 0 Å². The number of carboxylic acid groups (broad SMARTS) is 1. The van der Waals surface area contributed by atoms with E-state index in [-0.39, 0.29) is 6.42 Å². The maximum Gasteiger partial charge on any atom is 0.303 e. The summed E-state index contributed by atoms with van der Waals surface area (Å²) in [5, 5.41) is 11.8. The number of nitrogens with two attached hydrogens (primary N) is 1. The molecule has 20 heavy (non-hydrogen) atoms. The van der Waals surface area contributed by atoms with Crippen LogP contribution in [-0.2, 0) is 4.79 Å². The lowest BCUT2D eigenvalue weighted by Gasteiger charge is -2.07. The van der Waals surface area contributed by atoms with Crippen LogP contribution in [0.2, 0.25) is 0 Å². The van der Waals surface area contributed by atoms with E-state index >= 15 is 0 Å². The standard InChI is InChI=1S/C16H18N2O2/c17-14-7-3-12(4-8-14)13-5-9-15(10-6-13)18-11-1-2-16(19)20/h3-10,18H,1-2,11,17H2,(H,19,20). The van der Waals surface area contributed by atoms with Gasteiger partial charge in [0.05, 0.1) is 0 Å². The number of hydrogen-bond acceptors (Lipinski definition) is 3. The predicted octanol–water partition coefficient (Wildman–Crippen LogP) is 3.21. The molecule has 0 radical (unpaired) electrons. The fourth-order valence-electron chi connectivity index (χ4n) is 1.93. The van der Waals surface area contributed by atoms with Gasteiger partial charge in [-0.2, -0.15) is 0 Å². The second-order valence-electron chi connectivity index (χ2n) is 4.62. The molecule has 2 rings (SSSR count). The maximum atomic E-state index is 10.4. The molecule has 2 aromatic rings. The quantitative estimate of drug-likeness (QED) is 0.556. The molecule has 4 nitrogen and oxygen atoms in total. The van der Waals surface area contributed by atoms with Crippen LogP contribution >= 0.6 is 0 Å². The molecule has 0 amide bonds. The Kier molecular flexibility index (Phi) is 4.60. The third kappa shape index (κ3) is 4.02. The van der Waals surface area contributed by atoms with Crippen molar-refractivity contribution < 1.29 is 9.90 Å². The Balaban J connectivity index is 1.92. The van der Waals surface area contributed by atoms with Gasteiger partial charge in [0.25, 0.3) is 0 Å². The summed E-state index contributed by atoms with van der Waals surface area (Å²) in [6.45, 7) is 0.660. The summed E-state index contributed by atoms with van der Waals surface area (Å²) in [7, 11) is 0. The van der Waals surface area contributed by atoms with Crippen LogP contribution in [0.3, 0.4) is 0 Å². The Morgan fingerprint density at radius 3 is 2.10 bits per heavy atom. The molecule has 2 aromatic carbocycles. The molecular weight excluding hydrogens is 252 g/mol. The lowest BCUT2D eigenvalue weighted by molar-refractivity contribution is -0.137. The molecule has 0 aliphatic heterocycles. The third-order valence-electron chi connectivity index (χ3n) is 3.03. The fraction of sp³-hybridized carbons (Fsp3) is 0.188. The van der Waals surface area contributed by atoms with Crippen LogP contribution in [0.5, 0.6) is 0 Å². The molecule has 0 aliphatic carbocycles. The zero-order valence-corrected chi connectivity index (χ0v) is 11.2. The summed E-state index contributed by atoms with van der Waals surface area (Å²) in [5.74, 6) is -0.759. The van der Waals surface area contributed by atoms with E-state index in [1.54, 1.807) is 0 Å². The van der Waals surface area contributed by atoms with Crippen LogP contribution in [0.15, 0.2) is 48.5 Å². The molecular formula is C16H18N2O2. The first-order chi connectivity index (χ1) is 9.65.